The molecule has 0 atom stereocenters. The quantitative estimate of drug-likeness (QED) is 0.730. The Hall–Kier alpha value is -2.33. The van der Waals surface area contributed by atoms with Crippen LogP contribution in [0.5, 0.6) is 0 Å². The van der Waals surface area contributed by atoms with E-state index in [0.717, 1.165) is 22.6 Å². The van der Waals surface area contributed by atoms with Crippen molar-refractivity contribution in [1.82, 2.24) is 9.38 Å². The van der Waals surface area contributed by atoms with Gasteiger partial charge in [0, 0.05) is 29.5 Å². The van der Waals surface area contributed by atoms with Crippen LogP contribution < -0.4 is 5.32 Å². The molecule has 0 spiro atoms. The Morgan fingerprint density at radius 2 is 1.96 bits per heavy atom. The summed E-state index contributed by atoms with van der Waals surface area (Å²) in [5.74, 6) is 0.186. The van der Waals surface area contributed by atoms with Gasteiger partial charge in [-0.05, 0) is 38.1 Å². The van der Waals surface area contributed by atoms with Crippen molar-refractivity contribution in [2.24, 2.45) is 5.41 Å². The number of benzene rings is 1. The second kappa shape index (κ2) is 6.05. The smallest absolute Gasteiger partial charge is 0.231 e. The predicted molar refractivity (Wildman–Crippen MR) is 93.8 cm³/mol. The summed E-state index contributed by atoms with van der Waals surface area (Å²) < 4.78 is 1.98. The lowest BCUT2D eigenvalue weighted by molar-refractivity contribution is -0.122. The molecular formula is C18H18ClN3O. The van der Waals surface area contributed by atoms with Crippen LogP contribution in [0.15, 0.2) is 54.9 Å². The highest BCUT2D eigenvalue weighted by Gasteiger charge is 2.26. The second-order valence-corrected chi connectivity index (χ2v) is 6.41. The molecule has 0 aliphatic rings. The summed E-state index contributed by atoms with van der Waals surface area (Å²) in [4.78, 5) is 16.7. The van der Waals surface area contributed by atoms with Gasteiger partial charge in [0.15, 0.2) is 0 Å². The fourth-order valence-corrected chi connectivity index (χ4v) is 2.28. The number of anilines is 1. The van der Waals surface area contributed by atoms with E-state index in [1.807, 2.05) is 73.1 Å². The highest BCUT2D eigenvalue weighted by atomic mass is 35.5. The molecule has 5 heteroatoms. The minimum absolute atomic E-state index is 0.0898. The Morgan fingerprint density at radius 1 is 1.22 bits per heavy atom. The minimum Gasteiger partial charge on any atom is -0.326 e. The lowest BCUT2D eigenvalue weighted by Crippen LogP contribution is -2.32. The van der Waals surface area contributed by atoms with Gasteiger partial charge < -0.3 is 9.72 Å². The van der Waals surface area contributed by atoms with Gasteiger partial charge in [0.1, 0.15) is 5.65 Å². The van der Waals surface area contributed by atoms with Gasteiger partial charge >= 0.3 is 0 Å². The third-order valence-electron chi connectivity index (χ3n) is 3.75. The van der Waals surface area contributed by atoms with E-state index in [-0.39, 0.29) is 11.8 Å². The molecule has 1 amide bonds. The van der Waals surface area contributed by atoms with E-state index in [1.54, 1.807) is 0 Å². The molecule has 2 aromatic heterocycles. The number of amides is 1. The maximum atomic E-state index is 12.1. The normalized spacial score (nSPS) is 11.6. The van der Waals surface area contributed by atoms with Gasteiger partial charge in [-0.25, -0.2) is 4.98 Å². The number of hydrogen-bond donors (Lipinski definition) is 1. The summed E-state index contributed by atoms with van der Waals surface area (Å²) in [6.07, 6.45) is 3.95. The molecule has 2 heterocycles. The average Bonchev–Trinajstić information content (AvgIpc) is 2.99. The molecule has 1 aromatic carbocycles. The SMILES string of the molecule is CC(C)(CCl)C(=O)Nc1ccc(-c2cn3ccccc3n2)cc1. The van der Waals surface area contributed by atoms with Crippen LogP contribution >= 0.6 is 11.6 Å². The number of carbonyl (C=O) groups excluding carboxylic acids is 1. The van der Waals surface area contributed by atoms with Crippen LogP contribution in [-0.2, 0) is 4.79 Å². The molecule has 0 saturated heterocycles. The largest absolute Gasteiger partial charge is 0.326 e. The van der Waals surface area contributed by atoms with Gasteiger partial charge in [-0.2, -0.15) is 0 Å². The van der Waals surface area contributed by atoms with Gasteiger partial charge in [0.05, 0.1) is 11.1 Å². The van der Waals surface area contributed by atoms with Crippen molar-refractivity contribution < 1.29 is 4.79 Å². The van der Waals surface area contributed by atoms with Crippen LogP contribution in [0.3, 0.4) is 0 Å². The van der Waals surface area contributed by atoms with E-state index in [4.69, 9.17) is 11.6 Å². The molecule has 0 aliphatic heterocycles. The Bertz CT molecular complexity index is 804. The summed E-state index contributed by atoms with van der Waals surface area (Å²) in [6.45, 7) is 3.64. The van der Waals surface area contributed by atoms with Gasteiger partial charge in [0.2, 0.25) is 5.91 Å². The fourth-order valence-electron chi connectivity index (χ4n) is 2.16. The van der Waals surface area contributed by atoms with Gasteiger partial charge in [0.25, 0.3) is 0 Å². The molecule has 1 N–H and O–H groups in total. The Balaban J connectivity index is 1.80. The number of nitrogens with one attached hydrogen (secondary N) is 1. The first kappa shape index (κ1) is 15.6. The minimum atomic E-state index is -0.595. The molecule has 0 bridgehead atoms. The summed E-state index contributed by atoms with van der Waals surface area (Å²) in [7, 11) is 0. The average molecular weight is 328 g/mol. The topological polar surface area (TPSA) is 46.4 Å². The number of carbonyl (C=O) groups is 1. The number of pyridine rings is 1. The van der Waals surface area contributed by atoms with Crippen molar-refractivity contribution in [3.05, 3.63) is 54.9 Å². The maximum Gasteiger partial charge on any atom is 0.231 e. The van der Waals surface area contributed by atoms with E-state index in [2.05, 4.69) is 10.3 Å². The van der Waals surface area contributed by atoms with Crippen LogP contribution in [0.1, 0.15) is 13.8 Å². The molecule has 0 aliphatic carbocycles. The summed E-state index contributed by atoms with van der Waals surface area (Å²) in [5, 5.41) is 2.89. The zero-order valence-electron chi connectivity index (χ0n) is 13.1. The third-order valence-corrected chi connectivity index (χ3v) is 4.42. The van der Waals surface area contributed by atoms with Crippen molar-refractivity contribution >= 4 is 28.8 Å². The number of nitrogens with zero attached hydrogens (tertiary/aromatic N) is 2. The molecule has 3 rings (SSSR count). The van der Waals surface area contributed by atoms with Crippen LogP contribution in [0, 0.1) is 5.41 Å². The number of alkyl halides is 1. The summed E-state index contributed by atoms with van der Waals surface area (Å²) in [6, 6.07) is 13.5. The van der Waals surface area contributed by atoms with E-state index in [9.17, 15) is 4.79 Å². The Morgan fingerprint density at radius 3 is 2.61 bits per heavy atom. The van der Waals surface area contributed by atoms with Crippen LogP contribution in [0.4, 0.5) is 5.69 Å². The van der Waals surface area contributed by atoms with Crippen molar-refractivity contribution in [1.29, 1.82) is 0 Å². The van der Waals surface area contributed by atoms with Crippen molar-refractivity contribution in [3.63, 3.8) is 0 Å². The first-order valence-corrected chi connectivity index (χ1v) is 7.95. The lowest BCUT2D eigenvalue weighted by Gasteiger charge is -2.20. The molecule has 0 fully saturated rings. The van der Waals surface area contributed by atoms with Crippen LogP contribution in [0.2, 0.25) is 0 Å². The molecule has 0 unspecified atom stereocenters. The Labute approximate surface area is 140 Å². The van der Waals surface area contributed by atoms with Gasteiger partial charge in [-0.3, -0.25) is 4.79 Å². The number of hydrogen-bond acceptors (Lipinski definition) is 2. The summed E-state index contributed by atoms with van der Waals surface area (Å²) in [5.41, 5.74) is 2.96. The van der Waals surface area contributed by atoms with Crippen molar-refractivity contribution in [2.45, 2.75) is 13.8 Å². The standard InChI is InChI=1S/C18H18ClN3O/c1-18(2,12-19)17(23)20-14-8-6-13(7-9-14)15-11-22-10-4-3-5-16(22)21-15/h3-11H,12H2,1-2H3,(H,20,23). The lowest BCUT2D eigenvalue weighted by atomic mass is 9.95. The highest BCUT2D eigenvalue weighted by Crippen LogP contribution is 2.23. The van der Waals surface area contributed by atoms with E-state index < -0.39 is 5.41 Å². The molecule has 0 radical (unpaired) electrons. The number of fused-ring (bicyclic) bond motifs is 1. The molecule has 4 nitrogen and oxygen atoms in total. The summed E-state index contributed by atoms with van der Waals surface area (Å²) >= 11 is 5.83. The Kier molecular flexibility index (Phi) is 4.09. The molecular weight excluding hydrogens is 310 g/mol. The third kappa shape index (κ3) is 3.22. The van der Waals surface area contributed by atoms with E-state index >= 15 is 0 Å². The van der Waals surface area contributed by atoms with Crippen molar-refractivity contribution in [3.8, 4) is 11.3 Å². The number of halogens is 1. The van der Waals surface area contributed by atoms with Crippen molar-refractivity contribution in [2.75, 3.05) is 11.2 Å². The first-order chi connectivity index (χ1) is 11.0. The fraction of sp³-hybridized carbons (Fsp3) is 0.222. The van der Waals surface area contributed by atoms with Gasteiger partial charge in [-0.1, -0.05) is 18.2 Å². The second-order valence-electron chi connectivity index (χ2n) is 6.14. The maximum absolute atomic E-state index is 12.1. The first-order valence-electron chi connectivity index (χ1n) is 7.41. The zero-order chi connectivity index (χ0) is 16.4. The van der Waals surface area contributed by atoms with E-state index in [1.165, 1.54) is 0 Å². The number of aromatic nitrogens is 2. The van der Waals surface area contributed by atoms with Crippen LogP contribution in [-0.4, -0.2) is 21.2 Å². The highest BCUT2D eigenvalue weighted by molar-refractivity contribution is 6.20. The van der Waals surface area contributed by atoms with E-state index in [0.29, 0.717) is 0 Å². The van der Waals surface area contributed by atoms with Gasteiger partial charge in [-0.15, -0.1) is 11.6 Å². The molecule has 118 valence electrons. The zero-order valence-corrected chi connectivity index (χ0v) is 13.8. The van der Waals surface area contributed by atoms with Crippen LogP contribution in [0.25, 0.3) is 16.9 Å². The predicted octanol–water partition coefficient (Wildman–Crippen LogP) is 4.20. The number of rotatable bonds is 4. The molecule has 0 saturated carbocycles. The monoisotopic (exact) mass is 327 g/mol. The number of imidazole rings is 1. The molecule has 23 heavy (non-hydrogen) atoms. The molecule has 3 aromatic rings.